The van der Waals surface area contributed by atoms with E-state index in [0.29, 0.717) is 6.79 Å². The molecule has 0 saturated carbocycles. The van der Waals surface area contributed by atoms with Gasteiger partial charge in [0.25, 0.3) is 0 Å². The number of carboxylic acid groups (broad SMARTS) is 2. The van der Waals surface area contributed by atoms with E-state index in [1.54, 1.807) is 0 Å². The van der Waals surface area contributed by atoms with Crippen LogP contribution < -0.4 is 14.8 Å². The topological polar surface area (TPSA) is 105 Å². The Balaban J connectivity index is 0.000000326. The summed E-state index contributed by atoms with van der Waals surface area (Å²) in [5.41, 5.74) is 2.27. The number of hydrogen-bond acceptors (Lipinski definition) is 5. The second kappa shape index (κ2) is 8.91. The Bertz CT molecular complexity index is 753. The molecular formula is C17H16ClNO6. The lowest BCUT2D eigenvalue weighted by molar-refractivity contribution is -0.159. The van der Waals surface area contributed by atoms with Crippen molar-refractivity contribution in [2.45, 2.75) is 13.1 Å². The monoisotopic (exact) mass is 365 g/mol. The number of halogens is 1. The molecule has 1 aliphatic rings. The van der Waals surface area contributed by atoms with Crippen LogP contribution in [0.1, 0.15) is 11.1 Å². The Morgan fingerprint density at radius 3 is 2.36 bits per heavy atom. The zero-order valence-electron chi connectivity index (χ0n) is 13.1. The standard InChI is InChI=1S/C15H14ClNO2.C2H2O4/c16-13-4-2-1-3-12(13)9-17-8-11-5-6-14-15(7-11)19-10-18-14;3-1(4)2(5)6/h1-7,17H,8-10H2;(H,3,4)(H,5,6). The second-order valence-corrected chi connectivity index (χ2v) is 5.40. The fraction of sp³-hybridized carbons (Fsp3) is 0.176. The molecule has 132 valence electrons. The molecular weight excluding hydrogens is 350 g/mol. The first kappa shape index (κ1) is 18.6. The van der Waals surface area contributed by atoms with E-state index in [2.05, 4.69) is 5.32 Å². The summed E-state index contributed by atoms with van der Waals surface area (Å²) in [5, 5.41) is 18.9. The van der Waals surface area contributed by atoms with Crippen LogP contribution in [0, 0.1) is 0 Å². The van der Waals surface area contributed by atoms with Crippen molar-refractivity contribution in [3.8, 4) is 11.5 Å². The number of nitrogens with one attached hydrogen (secondary N) is 1. The van der Waals surface area contributed by atoms with Crippen LogP contribution in [0.25, 0.3) is 0 Å². The van der Waals surface area contributed by atoms with E-state index in [-0.39, 0.29) is 0 Å². The smallest absolute Gasteiger partial charge is 0.414 e. The molecule has 3 N–H and O–H groups in total. The summed E-state index contributed by atoms with van der Waals surface area (Å²) < 4.78 is 10.6. The molecule has 0 radical (unpaired) electrons. The van der Waals surface area contributed by atoms with E-state index in [9.17, 15) is 0 Å². The minimum absolute atomic E-state index is 0.311. The average Bonchev–Trinajstić information content (AvgIpc) is 3.05. The van der Waals surface area contributed by atoms with Crippen molar-refractivity contribution in [1.82, 2.24) is 5.32 Å². The fourth-order valence-corrected chi connectivity index (χ4v) is 2.24. The first-order valence-electron chi connectivity index (χ1n) is 7.26. The van der Waals surface area contributed by atoms with Crippen molar-refractivity contribution in [3.63, 3.8) is 0 Å². The third-order valence-corrected chi connectivity index (χ3v) is 3.59. The summed E-state index contributed by atoms with van der Waals surface area (Å²) in [4.78, 5) is 18.2. The first-order chi connectivity index (χ1) is 12.0. The summed E-state index contributed by atoms with van der Waals surface area (Å²) in [6, 6.07) is 13.8. The van der Waals surface area contributed by atoms with Gasteiger partial charge in [-0.25, -0.2) is 9.59 Å². The van der Waals surface area contributed by atoms with Gasteiger partial charge in [-0.15, -0.1) is 0 Å². The first-order valence-corrected chi connectivity index (χ1v) is 7.64. The summed E-state index contributed by atoms with van der Waals surface area (Å²) in [6.07, 6.45) is 0. The highest BCUT2D eigenvalue weighted by atomic mass is 35.5. The van der Waals surface area contributed by atoms with E-state index in [0.717, 1.165) is 40.7 Å². The highest BCUT2D eigenvalue weighted by molar-refractivity contribution is 6.31. The quantitative estimate of drug-likeness (QED) is 0.715. The SMILES string of the molecule is Clc1ccccc1CNCc1ccc2c(c1)OCO2.O=C(O)C(=O)O. The molecule has 2 aromatic rings. The van der Waals surface area contributed by atoms with Crippen LogP contribution in [-0.4, -0.2) is 28.9 Å². The summed E-state index contributed by atoms with van der Waals surface area (Å²) >= 11 is 6.11. The Labute approximate surface area is 148 Å². The molecule has 25 heavy (non-hydrogen) atoms. The van der Waals surface area contributed by atoms with Gasteiger partial charge < -0.3 is 25.0 Å². The molecule has 0 fully saturated rings. The zero-order chi connectivity index (χ0) is 18.2. The molecule has 0 aromatic heterocycles. The minimum atomic E-state index is -1.82. The Hall–Kier alpha value is -2.77. The second-order valence-electron chi connectivity index (χ2n) is 4.99. The van der Waals surface area contributed by atoms with Crippen molar-refractivity contribution in [2.24, 2.45) is 0 Å². The van der Waals surface area contributed by atoms with Gasteiger partial charge >= 0.3 is 11.9 Å². The van der Waals surface area contributed by atoms with E-state index in [1.165, 1.54) is 0 Å². The fourth-order valence-electron chi connectivity index (χ4n) is 2.03. The van der Waals surface area contributed by atoms with Crippen molar-refractivity contribution in [2.75, 3.05) is 6.79 Å². The van der Waals surface area contributed by atoms with Crippen molar-refractivity contribution in [3.05, 3.63) is 58.6 Å². The van der Waals surface area contributed by atoms with Gasteiger partial charge in [-0.3, -0.25) is 0 Å². The van der Waals surface area contributed by atoms with Crippen LogP contribution in [0.5, 0.6) is 11.5 Å². The molecule has 1 heterocycles. The molecule has 0 atom stereocenters. The highest BCUT2D eigenvalue weighted by Gasteiger charge is 2.12. The van der Waals surface area contributed by atoms with E-state index < -0.39 is 11.9 Å². The van der Waals surface area contributed by atoms with Crippen molar-refractivity contribution >= 4 is 23.5 Å². The normalized spacial score (nSPS) is 11.4. The minimum Gasteiger partial charge on any atom is -0.473 e. The summed E-state index contributed by atoms with van der Waals surface area (Å²) in [6.45, 7) is 1.82. The lowest BCUT2D eigenvalue weighted by Crippen LogP contribution is -2.12. The lowest BCUT2D eigenvalue weighted by atomic mass is 10.2. The highest BCUT2D eigenvalue weighted by Crippen LogP contribution is 2.32. The van der Waals surface area contributed by atoms with E-state index in [1.807, 2.05) is 42.5 Å². The molecule has 3 rings (SSSR count). The van der Waals surface area contributed by atoms with Crippen LogP contribution in [0.3, 0.4) is 0 Å². The molecule has 0 bridgehead atoms. The summed E-state index contributed by atoms with van der Waals surface area (Å²) in [7, 11) is 0. The van der Waals surface area contributed by atoms with E-state index in [4.69, 9.17) is 40.9 Å². The third-order valence-electron chi connectivity index (χ3n) is 3.22. The van der Waals surface area contributed by atoms with Crippen LogP contribution in [-0.2, 0) is 22.7 Å². The number of aliphatic carboxylic acids is 2. The number of hydrogen-bond donors (Lipinski definition) is 3. The van der Waals surface area contributed by atoms with Gasteiger partial charge in [0.1, 0.15) is 0 Å². The van der Waals surface area contributed by atoms with Gasteiger partial charge in [-0.1, -0.05) is 35.9 Å². The molecule has 0 spiro atoms. The van der Waals surface area contributed by atoms with Gasteiger partial charge in [0, 0.05) is 18.1 Å². The Kier molecular flexibility index (Phi) is 6.62. The number of rotatable bonds is 4. The molecule has 8 heteroatoms. The van der Waals surface area contributed by atoms with Crippen molar-refractivity contribution < 1.29 is 29.3 Å². The Morgan fingerprint density at radius 1 is 1.00 bits per heavy atom. The lowest BCUT2D eigenvalue weighted by Gasteiger charge is -2.07. The molecule has 2 aromatic carbocycles. The third kappa shape index (κ3) is 5.66. The van der Waals surface area contributed by atoms with Gasteiger partial charge in [0.05, 0.1) is 0 Å². The number of fused-ring (bicyclic) bond motifs is 1. The van der Waals surface area contributed by atoms with Gasteiger partial charge in [-0.05, 0) is 29.3 Å². The van der Waals surface area contributed by atoms with Gasteiger partial charge in [-0.2, -0.15) is 0 Å². The number of benzene rings is 2. The number of carbonyl (C=O) groups is 2. The van der Waals surface area contributed by atoms with E-state index >= 15 is 0 Å². The van der Waals surface area contributed by atoms with Crippen LogP contribution in [0.4, 0.5) is 0 Å². The maximum absolute atomic E-state index is 9.10. The molecule has 0 aliphatic carbocycles. The number of carboxylic acids is 2. The van der Waals surface area contributed by atoms with Gasteiger partial charge in [0.15, 0.2) is 11.5 Å². The molecule has 1 aliphatic heterocycles. The largest absolute Gasteiger partial charge is 0.473 e. The van der Waals surface area contributed by atoms with Gasteiger partial charge in [0.2, 0.25) is 6.79 Å². The predicted octanol–water partition coefficient (Wildman–Crippen LogP) is 2.51. The predicted molar refractivity (Wildman–Crippen MR) is 89.8 cm³/mol. The maximum atomic E-state index is 9.10. The van der Waals surface area contributed by atoms with Crippen LogP contribution >= 0.6 is 11.6 Å². The van der Waals surface area contributed by atoms with Crippen molar-refractivity contribution in [1.29, 1.82) is 0 Å². The Morgan fingerprint density at radius 2 is 1.68 bits per heavy atom. The molecule has 0 amide bonds. The maximum Gasteiger partial charge on any atom is 0.414 e. The van der Waals surface area contributed by atoms with Crippen LogP contribution in [0.15, 0.2) is 42.5 Å². The zero-order valence-corrected chi connectivity index (χ0v) is 13.8. The molecule has 0 unspecified atom stereocenters. The molecule has 7 nitrogen and oxygen atoms in total. The molecule has 0 saturated heterocycles. The van der Waals surface area contributed by atoms with Crippen LogP contribution in [0.2, 0.25) is 5.02 Å². The number of ether oxygens (including phenoxy) is 2. The summed E-state index contributed by atoms with van der Waals surface area (Å²) in [5.74, 6) is -2.02. The average molecular weight is 366 g/mol.